The first kappa shape index (κ1) is 29.6. The largest absolute Gasteiger partial charge is 0.573 e. The average molecular weight is 560 g/mol. The summed E-state index contributed by atoms with van der Waals surface area (Å²) in [6, 6.07) is 18.0. The normalized spacial score (nSPS) is 11.1. The molecule has 0 amide bonds. The highest BCUT2D eigenvalue weighted by molar-refractivity contribution is 7.80. The minimum Gasteiger partial charge on any atom is -0.406 e. The molecule has 4 rings (SSSR count). The summed E-state index contributed by atoms with van der Waals surface area (Å²) in [5, 5.41) is 7.42. The van der Waals surface area contributed by atoms with Gasteiger partial charge in [-0.2, -0.15) is 0 Å². The maximum atomic E-state index is 13.0. The van der Waals surface area contributed by atoms with E-state index in [9.17, 15) is 17.6 Å². The third-order valence-corrected chi connectivity index (χ3v) is 5.55. The van der Waals surface area contributed by atoms with E-state index in [1.54, 1.807) is 6.07 Å². The van der Waals surface area contributed by atoms with Gasteiger partial charge in [-0.1, -0.05) is 45.4 Å². The fourth-order valence-corrected chi connectivity index (χ4v) is 3.84. The zero-order valence-corrected chi connectivity index (χ0v) is 22.5. The van der Waals surface area contributed by atoms with Crippen LogP contribution in [0.25, 0.3) is 17.1 Å². The summed E-state index contributed by atoms with van der Waals surface area (Å²) in [6.45, 7) is 6.09. The van der Waals surface area contributed by atoms with Gasteiger partial charge in [-0.05, 0) is 84.2 Å². The predicted molar refractivity (Wildman–Crippen MR) is 148 cm³/mol. The van der Waals surface area contributed by atoms with Crippen LogP contribution < -0.4 is 15.8 Å². The maximum absolute atomic E-state index is 13.0. The van der Waals surface area contributed by atoms with Crippen LogP contribution in [0.3, 0.4) is 0 Å². The van der Waals surface area contributed by atoms with E-state index in [0.717, 1.165) is 29.7 Å². The number of halogens is 4. The molecule has 0 fully saturated rings. The molecule has 11 heteroatoms. The van der Waals surface area contributed by atoms with Crippen molar-refractivity contribution in [1.82, 2.24) is 14.8 Å². The smallest absolute Gasteiger partial charge is 0.406 e. The van der Waals surface area contributed by atoms with Crippen molar-refractivity contribution in [1.29, 1.82) is 0 Å². The molecule has 4 aromatic rings. The van der Waals surface area contributed by atoms with Crippen molar-refractivity contribution >= 4 is 23.0 Å². The molecule has 0 saturated heterocycles. The van der Waals surface area contributed by atoms with Crippen LogP contribution in [0.1, 0.15) is 44.2 Å². The zero-order chi connectivity index (χ0) is 28.6. The highest BCUT2D eigenvalue weighted by Gasteiger charge is 2.31. The molecule has 206 valence electrons. The summed E-state index contributed by atoms with van der Waals surface area (Å²) in [5.74, 6) is 0.266. The average Bonchev–Trinajstić information content (AvgIpc) is 3.36. The standard InChI is InChI=1S/C18H16F3N3O.C10H13FN2S/c1-2-4-13-5-3-6-14(11-13)17-22-12-24(23-17)15-7-9-16(10-8-15)25-18(19,20)21;1-6(2)8-5-7(11)3-4-9(8)13-10(12)14/h3,5-12H,2,4H2,1H3;3-6H,1-2H3,(H3,12,13,14). The Balaban J connectivity index is 0.000000255. The number of rotatable bonds is 7. The summed E-state index contributed by atoms with van der Waals surface area (Å²) < 4.78 is 54.9. The van der Waals surface area contributed by atoms with Crippen molar-refractivity contribution in [2.75, 3.05) is 5.32 Å². The van der Waals surface area contributed by atoms with Gasteiger partial charge in [0.05, 0.1) is 5.69 Å². The van der Waals surface area contributed by atoms with E-state index in [-0.39, 0.29) is 22.6 Å². The first-order valence-electron chi connectivity index (χ1n) is 12.2. The molecule has 0 spiro atoms. The lowest BCUT2D eigenvalue weighted by Crippen LogP contribution is -2.20. The Morgan fingerprint density at radius 2 is 1.79 bits per heavy atom. The van der Waals surface area contributed by atoms with Crippen molar-refractivity contribution in [2.24, 2.45) is 5.73 Å². The third-order valence-electron chi connectivity index (χ3n) is 5.44. The Bertz CT molecular complexity index is 1390. The second kappa shape index (κ2) is 13.2. The number of aromatic nitrogens is 3. The van der Waals surface area contributed by atoms with E-state index in [4.69, 9.17) is 18.0 Å². The first-order valence-corrected chi connectivity index (χ1v) is 12.6. The molecule has 1 heterocycles. The number of thiocarbonyl (C=S) groups is 1. The monoisotopic (exact) mass is 559 g/mol. The summed E-state index contributed by atoms with van der Waals surface area (Å²) in [5.41, 5.74) is 9.72. The second-order valence-corrected chi connectivity index (χ2v) is 9.32. The SMILES string of the molecule is CC(C)c1cc(F)ccc1NC(N)=S.CCCc1cccc(-c2ncn(-c3ccc(OC(F)(F)F)cc3)n2)c1. The van der Waals surface area contributed by atoms with Crippen LogP contribution in [-0.2, 0) is 6.42 Å². The lowest BCUT2D eigenvalue weighted by atomic mass is 10.0. The molecule has 0 bridgehead atoms. The van der Waals surface area contributed by atoms with Gasteiger partial charge < -0.3 is 15.8 Å². The molecule has 0 unspecified atom stereocenters. The summed E-state index contributed by atoms with van der Waals surface area (Å²) in [4.78, 5) is 4.29. The number of alkyl halides is 3. The molecular weight excluding hydrogens is 530 g/mol. The molecule has 0 radical (unpaired) electrons. The minimum absolute atomic E-state index is 0.193. The number of nitrogens with two attached hydrogens (primary N) is 1. The van der Waals surface area contributed by atoms with Crippen molar-refractivity contribution in [3.63, 3.8) is 0 Å². The predicted octanol–water partition coefficient (Wildman–Crippen LogP) is 7.39. The van der Waals surface area contributed by atoms with Crippen LogP contribution in [-0.4, -0.2) is 26.2 Å². The first-order chi connectivity index (χ1) is 18.4. The van der Waals surface area contributed by atoms with Gasteiger partial charge in [-0.25, -0.2) is 14.1 Å². The van der Waals surface area contributed by atoms with Crippen LogP contribution in [0.2, 0.25) is 0 Å². The second-order valence-electron chi connectivity index (χ2n) is 8.88. The van der Waals surface area contributed by atoms with Gasteiger partial charge in [-0.15, -0.1) is 18.3 Å². The number of hydrogen-bond acceptors (Lipinski definition) is 4. The molecule has 0 aliphatic heterocycles. The number of ether oxygens (including phenoxy) is 1. The number of benzene rings is 3. The molecule has 1 aromatic heterocycles. The molecule has 0 atom stereocenters. The van der Waals surface area contributed by atoms with E-state index < -0.39 is 6.36 Å². The molecule has 0 aliphatic carbocycles. The number of hydrogen-bond donors (Lipinski definition) is 2. The fourth-order valence-electron chi connectivity index (χ4n) is 3.73. The van der Waals surface area contributed by atoms with Crippen LogP contribution in [0.15, 0.2) is 73.1 Å². The lowest BCUT2D eigenvalue weighted by Gasteiger charge is -2.13. The quantitative estimate of drug-likeness (QED) is 0.182. The molecule has 0 saturated carbocycles. The molecular formula is C28H29F4N5OS. The van der Waals surface area contributed by atoms with Gasteiger partial charge in [0.25, 0.3) is 0 Å². The highest BCUT2D eigenvalue weighted by Crippen LogP contribution is 2.25. The van der Waals surface area contributed by atoms with Crippen molar-refractivity contribution < 1.29 is 22.3 Å². The topological polar surface area (TPSA) is 78.0 Å². The molecule has 3 N–H and O–H groups in total. The van der Waals surface area contributed by atoms with Crippen molar-refractivity contribution in [3.05, 3.63) is 90.0 Å². The Hall–Kier alpha value is -3.99. The van der Waals surface area contributed by atoms with E-state index in [0.29, 0.717) is 11.5 Å². The summed E-state index contributed by atoms with van der Waals surface area (Å²) in [7, 11) is 0. The van der Waals surface area contributed by atoms with Gasteiger partial charge >= 0.3 is 6.36 Å². The summed E-state index contributed by atoms with van der Waals surface area (Å²) in [6.07, 6.45) is -1.14. The Labute approximate surface area is 229 Å². The van der Waals surface area contributed by atoms with Crippen molar-refractivity contribution in [3.8, 4) is 22.8 Å². The number of anilines is 1. The van der Waals surface area contributed by atoms with Gasteiger partial charge in [0.15, 0.2) is 10.9 Å². The van der Waals surface area contributed by atoms with Gasteiger partial charge in [0.2, 0.25) is 0 Å². The van der Waals surface area contributed by atoms with E-state index >= 15 is 0 Å². The Morgan fingerprint density at radius 1 is 1.08 bits per heavy atom. The van der Waals surface area contributed by atoms with E-state index in [1.165, 1.54) is 53.0 Å². The molecule has 6 nitrogen and oxygen atoms in total. The lowest BCUT2D eigenvalue weighted by molar-refractivity contribution is -0.274. The van der Waals surface area contributed by atoms with Crippen LogP contribution in [0, 0.1) is 5.82 Å². The molecule has 39 heavy (non-hydrogen) atoms. The van der Waals surface area contributed by atoms with Crippen LogP contribution >= 0.6 is 12.2 Å². The number of nitrogens with zero attached hydrogens (tertiary/aromatic N) is 3. The Morgan fingerprint density at radius 3 is 2.41 bits per heavy atom. The van der Waals surface area contributed by atoms with Crippen LogP contribution in [0.4, 0.5) is 23.2 Å². The molecule has 0 aliphatic rings. The molecule has 3 aromatic carbocycles. The van der Waals surface area contributed by atoms with Gasteiger partial charge in [-0.3, -0.25) is 0 Å². The van der Waals surface area contributed by atoms with E-state index in [1.807, 2.05) is 32.0 Å². The number of aryl methyl sites for hydroxylation is 1. The maximum Gasteiger partial charge on any atom is 0.573 e. The van der Waals surface area contributed by atoms with Crippen LogP contribution in [0.5, 0.6) is 5.75 Å². The van der Waals surface area contributed by atoms with E-state index in [2.05, 4.69) is 33.1 Å². The zero-order valence-electron chi connectivity index (χ0n) is 21.7. The van der Waals surface area contributed by atoms with Gasteiger partial charge in [0, 0.05) is 11.3 Å². The van der Waals surface area contributed by atoms with Crippen molar-refractivity contribution in [2.45, 2.75) is 45.9 Å². The summed E-state index contributed by atoms with van der Waals surface area (Å²) >= 11 is 4.73. The fraction of sp³-hybridized carbons (Fsp3) is 0.250. The minimum atomic E-state index is -4.70. The number of nitrogens with one attached hydrogen (secondary N) is 1. The Kier molecular flexibility index (Phi) is 10.00. The highest BCUT2D eigenvalue weighted by atomic mass is 32.1. The third kappa shape index (κ3) is 9.06. The van der Waals surface area contributed by atoms with Gasteiger partial charge in [0.1, 0.15) is 17.9 Å².